The molecule has 1 aromatic rings. The Hall–Kier alpha value is -1.70. The predicted molar refractivity (Wildman–Crippen MR) is 32.7 cm³/mol. The van der Waals surface area contributed by atoms with E-state index in [1.165, 1.54) is 6.08 Å². The Labute approximate surface area is 57.4 Å². The number of hydrogen-bond donors (Lipinski definition) is 1. The zero-order chi connectivity index (χ0) is 7.40. The van der Waals surface area contributed by atoms with E-state index >= 15 is 0 Å². The molecule has 1 atom stereocenters. The lowest BCUT2D eigenvalue weighted by molar-refractivity contribution is 0.881. The molecule has 1 aromatic heterocycles. The lowest BCUT2D eigenvalue weighted by atomic mass is 10.2. The van der Waals surface area contributed by atoms with E-state index in [9.17, 15) is 0 Å². The van der Waals surface area contributed by atoms with Crippen LogP contribution in [0.2, 0.25) is 0 Å². The van der Waals surface area contributed by atoms with E-state index in [0.29, 0.717) is 5.82 Å². The average Bonchev–Trinajstić information content (AvgIpc) is 2.43. The number of aromatic amines is 1. The predicted octanol–water partition coefficient (Wildman–Crippen LogP) is -0.00712. The molecular formula is C5H5N5. The SMILES string of the molecule is C=CC(C#N)c1nn[nH]n1. The van der Waals surface area contributed by atoms with Gasteiger partial charge in [0, 0.05) is 0 Å². The van der Waals surface area contributed by atoms with Crippen molar-refractivity contribution < 1.29 is 0 Å². The second-order valence-electron chi connectivity index (χ2n) is 1.61. The molecular weight excluding hydrogens is 130 g/mol. The third-order valence-electron chi connectivity index (χ3n) is 1.01. The number of nitrogens with zero attached hydrogens (tertiary/aromatic N) is 4. The molecule has 0 saturated carbocycles. The first kappa shape index (κ1) is 6.42. The van der Waals surface area contributed by atoms with Gasteiger partial charge in [0.1, 0.15) is 5.92 Å². The fraction of sp³-hybridized carbons (Fsp3) is 0.200. The number of nitrogens with one attached hydrogen (secondary N) is 1. The van der Waals surface area contributed by atoms with Crippen LogP contribution < -0.4 is 0 Å². The van der Waals surface area contributed by atoms with Crippen LogP contribution in [0, 0.1) is 11.3 Å². The van der Waals surface area contributed by atoms with Gasteiger partial charge in [-0.1, -0.05) is 11.3 Å². The van der Waals surface area contributed by atoms with Crippen LogP contribution in [0.15, 0.2) is 12.7 Å². The van der Waals surface area contributed by atoms with Gasteiger partial charge in [0.2, 0.25) is 0 Å². The summed E-state index contributed by atoms with van der Waals surface area (Å²) in [5, 5.41) is 21.2. The minimum Gasteiger partial charge on any atom is -0.197 e. The molecule has 0 saturated heterocycles. The van der Waals surface area contributed by atoms with Crippen molar-refractivity contribution in [2.24, 2.45) is 0 Å². The molecule has 1 rings (SSSR count). The number of tetrazole rings is 1. The van der Waals surface area contributed by atoms with Gasteiger partial charge in [-0.05, 0) is 0 Å². The molecule has 0 aliphatic heterocycles. The van der Waals surface area contributed by atoms with E-state index < -0.39 is 5.92 Å². The van der Waals surface area contributed by atoms with Gasteiger partial charge in [-0.3, -0.25) is 0 Å². The molecule has 5 nitrogen and oxygen atoms in total. The summed E-state index contributed by atoms with van der Waals surface area (Å²) < 4.78 is 0. The zero-order valence-electron chi connectivity index (χ0n) is 5.15. The summed E-state index contributed by atoms with van der Waals surface area (Å²) in [4.78, 5) is 0. The first-order chi connectivity index (χ1) is 4.88. The Morgan fingerprint density at radius 1 is 1.80 bits per heavy atom. The van der Waals surface area contributed by atoms with Gasteiger partial charge in [0.05, 0.1) is 6.07 Å². The van der Waals surface area contributed by atoms with Gasteiger partial charge in [-0.15, -0.1) is 16.8 Å². The van der Waals surface area contributed by atoms with E-state index in [2.05, 4.69) is 27.2 Å². The van der Waals surface area contributed by atoms with Crippen LogP contribution in [0.1, 0.15) is 11.7 Å². The molecule has 10 heavy (non-hydrogen) atoms. The van der Waals surface area contributed by atoms with E-state index in [0.717, 1.165) is 0 Å². The molecule has 0 bridgehead atoms. The topological polar surface area (TPSA) is 78.2 Å². The second kappa shape index (κ2) is 2.73. The van der Waals surface area contributed by atoms with Crippen LogP contribution in [-0.2, 0) is 0 Å². The highest BCUT2D eigenvalue weighted by Gasteiger charge is 2.09. The summed E-state index contributed by atoms with van der Waals surface area (Å²) in [6.45, 7) is 3.44. The number of allylic oxidation sites excluding steroid dienone is 1. The van der Waals surface area contributed by atoms with Crippen LogP contribution in [0.3, 0.4) is 0 Å². The maximum atomic E-state index is 8.45. The third kappa shape index (κ3) is 1.00. The highest BCUT2D eigenvalue weighted by molar-refractivity contribution is 5.13. The van der Waals surface area contributed by atoms with Gasteiger partial charge >= 0.3 is 0 Å². The number of rotatable bonds is 2. The largest absolute Gasteiger partial charge is 0.197 e. The summed E-state index contributed by atoms with van der Waals surface area (Å²) in [7, 11) is 0. The minimum atomic E-state index is -0.459. The Balaban J connectivity index is 2.86. The molecule has 1 unspecified atom stereocenters. The molecule has 1 heterocycles. The highest BCUT2D eigenvalue weighted by Crippen LogP contribution is 2.06. The molecule has 0 radical (unpaired) electrons. The maximum Gasteiger partial charge on any atom is 0.195 e. The van der Waals surface area contributed by atoms with E-state index in [1.807, 2.05) is 6.07 Å². The summed E-state index contributed by atoms with van der Waals surface area (Å²) >= 11 is 0. The van der Waals surface area contributed by atoms with E-state index in [4.69, 9.17) is 5.26 Å². The van der Waals surface area contributed by atoms with Gasteiger partial charge in [0.25, 0.3) is 0 Å². The van der Waals surface area contributed by atoms with Crippen molar-refractivity contribution in [3.63, 3.8) is 0 Å². The van der Waals surface area contributed by atoms with Crippen molar-refractivity contribution >= 4 is 0 Å². The molecule has 1 N–H and O–H groups in total. The number of hydrogen-bond acceptors (Lipinski definition) is 4. The molecule has 0 amide bonds. The number of H-pyrrole nitrogens is 1. The molecule has 5 heteroatoms. The first-order valence-corrected chi connectivity index (χ1v) is 2.64. The van der Waals surface area contributed by atoms with Crippen molar-refractivity contribution in [1.82, 2.24) is 20.6 Å². The average molecular weight is 135 g/mol. The molecule has 0 aliphatic carbocycles. The van der Waals surface area contributed by atoms with Crippen LogP contribution in [-0.4, -0.2) is 20.6 Å². The maximum absolute atomic E-state index is 8.45. The lowest BCUT2D eigenvalue weighted by Crippen LogP contribution is -1.93. The fourth-order valence-electron chi connectivity index (χ4n) is 0.517. The van der Waals surface area contributed by atoms with Gasteiger partial charge in [-0.25, -0.2) is 0 Å². The van der Waals surface area contributed by atoms with Crippen LogP contribution in [0.4, 0.5) is 0 Å². The van der Waals surface area contributed by atoms with Crippen molar-refractivity contribution in [3.05, 3.63) is 18.5 Å². The summed E-state index contributed by atoms with van der Waals surface area (Å²) in [5.74, 6) is -0.101. The monoisotopic (exact) mass is 135 g/mol. The van der Waals surface area contributed by atoms with Crippen LogP contribution in [0.5, 0.6) is 0 Å². The van der Waals surface area contributed by atoms with Crippen LogP contribution in [0.25, 0.3) is 0 Å². The van der Waals surface area contributed by atoms with E-state index in [1.54, 1.807) is 0 Å². The zero-order valence-corrected chi connectivity index (χ0v) is 5.15. The Morgan fingerprint density at radius 2 is 2.60 bits per heavy atom. The fourth-order valence-corrected chi connectivity index (χ4v) is 0.517. The minimum absolute atomic E-state index is 0.359. The van der Waals surface area contributed by atoms with Gasteiger partial charge in [-0.2, -0.15) is 10.5 Å². The number of aromatic nitrogens is 4. The number of nitriles is 1. The quantitative estimate of drug-likeness (QED) is 0.578. The normalized spacial score (nSPS) is 11.9. The summed E-state index contributed by atoms with van der Waals surface area (Å²) in [5.41, 5.74) is 0. The Kier molecular flexibility index (Phi) is 1.75. The standard InChI is InChI=1S/C5H5N5/c1-2-4(3-6)5-7-9-10-8-5/h2,4H,1H2,(H,7,8,9,10). The summed E-state index contributed by atoms with van der Waals surface area (Å²) in [6, 6.07) is 1.95. The van der Waals surface area contributed by atoms with Crippen molar-refractivity contribution in [2.45, 2.75) is 5.92 Å². The van der Waals surface area contributed by atoms with E-state index in [-0.39, 0.29) is 0 Å². The molecule has 0 fully saturated rings. The third-order valence-corrected chi connectivity index (χ3v) is 1.01. The Bertz CT molecular complexity index is 244. The van der Waals surface area contributed by atoms with Gasteiger partial charge < -0.3 is 0 Å². The van der Waals surface area contributed by atoms with Crippen molar-refractivity contribution in [1.29, 1.82) is 5.26 Å². The molecule has 0 aromatic carbocycles. The molecule has 50 valence electrons. The Morgan fingerprint density at radius 3 is 3.00 bits per heavy atom. The lowest BCUT2D eigenvalue weighted by Gasteiger charge is -1.90. The van der Waals surface area contributed by atoms with Gasteiger partial charge in [0.15, 0.2) is 5.82 Å². The molecule has 0 spiro atoms. The smallest absolute Gasteiger partial charge is 0.195 e. The van der Waals surface area contributed by atoms with Crippen LogP contribution >= 0.6 is 0 Å². The first-order valence-electron chi connectivity index (χ1n) is 2.64. The molecule has 0 aliphatic rings. The summed E-state index contributed by atoms with van der Waals surface area (Å²) in [6.07, 6.45) is 1.46. The van der Waals surface area contributed by atoms with Crippen molar-refractivity contribution in [3.8, 4) is 6.07 Å². The second-order valence-corrected chi connectivity index (χ2v) is 1.61. The van der Waals surface area contributed by atoms with Crippen molar-refractivity contribution in [2.75, 3.05) is 0 Å². The highest BCUT2D eigenvalue weighted by atomic mass is 15.5.